The number of nitrogens with one attached hydrogen (secondary N) is 1. The zero-order valence-electron chi connectivity index (χ0n) is 11.3. The van der Waals surface area contributed by atoms with Gasteiger partial charge in [0.25, 0.3) is 0 Å². The number of anilines is 1. The van der Waals surface area contributed by atoms with Gasteiger partial charge in [-0.2, -0.15) is 0 Å². The topological polar surface area (TPSA) is 61.8 Å². The van der Waals surface area contributed by atoms with E-state index in [9.17, 15) is 9.90 Å². The molecule has 5 nitrogen and oxygen atoms in total. The molecule has 1 aromatic rings. The molecule has 0 bridgehead atoms. The van der Waals surface area contributed by atoms with Crippen molar-refractivity contribution in [1.29, 1.82) is 0 Å². The monoisotopic (exact) mass is 264 g/mol. The van der Waals surface area contributed by atoms with Crippen molar-refractivity contribution in [1.82, 2.24) is 4.90 Å². The Morgan fingerprint density at radius 1 is 1.58 bits per heavy atom. The number of aliphatic hydroxyl groups excluding tert-OH is 1. The first-order chi connectivity index (χ1) is 9.08. The predicted octanol–water partition coefficient (Wildman–Crippen LogP) is 1.01. The Hall–Kier alpha value is -1.59. The highest BCUT2D eigenvalue weighted by atomic mass is 16.5. The van der Waals surface area contributed by atoms with Gasteiger partial charge < -0.3 is 15.2 Å². The van der Waals surface area contributed by atoms with Crippen LogP contribution in [0.15, 0.2) is 18.2 Å². The molecule has 0 radical (unpaired) electrons. The summed E-state index contributed by atoms with van der Waals surface area (Å²) in [6.45, 7) is 3.60. The number of aryl methyl sites for hydroxylation is 1. The summed E-state index contributed by atoms with van der Waals surface area (Å²) in [5.41, 5.74) is 1.75. The molecule has 1 fully saturated rings. The highest BCUT2D eigenvalue weighted by molar-refractivity contribution is 5.93. The molecule has 1 aliphatic rings. The van der Waals surface area contributed by atoms with E-state index in [1.807, 2.05) is 30.0 Å². The number of amides is 1. The second kappa shape index (κ2) is 6.04. The first kappa shape index (κ1) is 13.8. The first-order valence-corrected chi connectivity index (χ1v) is 6.43. The van der Waals surface area contributed by atoms with Gasteiger partial charge in [-0.1, -0.05) is 6.07 Å². The lowest BCUT2D eigenvalue weighted by molar-refractivity contribution is -0.117. The molecule has 1 atom stereocenters. The van der Waals surface area contributed by atoms with E-state index in [1.165, 1.54) is 0 Å². The number of rotatable bonds is 4. The molecule has 1 saturated heterocycles. The van der Waals surface area contributed by atoms with E-state index < -0.39 is 0 Å². The summed E-state index contributed by atoms with van der Waals surface area (Å²) in [6.07, 6.45) is 0.433. The van der Waals surface area contributed by atoms with E-state index in [4.69, 9.17) is 4.74 Å². The number of hydrogen-bond donors (Lipinski definition) is 2. The van der Waals surface area contributed by atoms with Crippen molar-refractivity contribution in [3.8, 4) is 5.75 Å². The number of likely N-dealkylation sites (tertiary alicyclic amines) is 1. The fourth-order valence-electron chi connectivity index (χ4n) is 2.27. The summed E-state index contributed by atoms with van der Waals surface area (Å²) in [4.78, 5) is 13.9. The van der Waals surface area contributed by atoms with Crippen LogP contribution in [0.1, 0.15) is 12.0 Å². The summed E-state index contributed by atoms with van der Waals surface area (Å²) < 4.78 is 5.22. The number of hydrogen-bond acceptors (Lipinski definition) is 4. The number of methoxy groups -OCH3 is 1. The number of aliphatic hydroxyl groups is 1. The van der Waals surface area contributed by atoms with Crippen molar-refractivity contribution in [3.63, 3.8) is 0 Å². The van der Waals surface area contributed by atoms with Gasteiger partial charge >= 0.3 is 0 Å². The number of ether oxygens (including phenoxy) is 1. The van der Waals surface area contributed by atoms with E-state index in [0.29, 0.717) is 24.5 Å². The zero-order chi connectivity index (χ0) is 13.8. The van der Waals surface area contributed by atoms with Crippen LogP contribution >= 0.6 is 0 Å². The Morgan fingerprint density at radius 2 is 2.37 bits per heavy atom. The Kier molecular flexibility index (Phi) is 4.39. The van der Waals surface area contributed by atoms with Gasteiger partial charge in [-0.3, -0.25) is 9.69 Å². The van der Waals surface area contributed by atoms with Crippen LogP contribution in [0, 0.1) is 6.92 Å². The van der Waals surface area contributed by atoms with E-state index >= 15 is 0 Å². The molecule has 19 heavy (non-hydrogen) atoms. The lowest BCUT2D eigenvalue weighted by Crippen LogP contribution is -2.32. The number of carbonyl (C=O) groups excluding carboxylic acids is 1. The van der Waals surface area contributed by atoms with E-state index in [-0.39, 0.29) is 12.0 Å². The van der Waals surface area contributed by atoms with Gasteiger partial charge in [0.05, 0.1) is 25.4 Å². The van der Waals surface area contributed by atoms with Gasteiger partial charge in [-0.15, -0.1) is 0 Å². The Labute approximate surface area is 113 Å². The second-order valence-electron chi connectivity index (χ2n) is 4.93. The molecular formula is C14H20N2O3. The minimum absolute atomic E-state index is 0.0852. The third kappa shape index (κ3) is 3.68. The van der Waals surface area contributed by atoms with E-state index in [0.717, 1.165) is 18.5 Å². The smallest absolute Gasteiger partial charge is 0.238 e. The average molecular weight is 264 g/mol. The molecular weight excluding hydrogens is 244 g/mol. The maximum absolute atomic E-state index is 12.0. The van der Waals surface area contributed by atoms with Crippen LogP contribution in [0.25, 0.3) is 0 Å². The molecule has 2 rings (SSSR count). The largest absolute Gasteiger partial charge is 0.495 e. The SMILES string of the molecule is COc1ccc(C)cc1NC(=O)CN1CC[C@@H](O)C1. The lowest BCUT2D eigenvalue weighted by atomic mass is 10.2. The lowest BCUT2D eigenvalue weighted by Gasteiger charge is -2.16. The van der Waals surface area contributed by atoms with Crippen LogP contribution in [-0.4, -0.2) is 48.8 Å². The van der Waals surface area contributed by atoms with Crippen molar-refractivity contribution >= 4 is 11.6 Å². The van der Waals surface area contributed by atoms with Crippen LogP contribution in [0.2, 0.25) is 0 Å². The number of carbonyl (C=O) groups is 1. The Bertz CT molecular complexity index is 462. The van der Waals surface area contributed by atoms with Crippen molar-refractivity contribution < 1.29 is 14.6 Å². The molecule has 104 valence electrons. The Morgan fingerprint density at radius 3 is 3.00 bits per heavy atom. The van der Waals surface area contributed by atoms with Crippen LogP contribution < -0.4 is 10.1 Å². The van der Waals surface area contributed by atoms with Gasteiger partial charge in [0, 0.05) is 13.1 Å². The molecule has 0 unspecified atom stereocenters. The maximum Gasteiger partial charge on any atom is 0.238 e. The van der Waals surface area contributed by atoms with Crippen LogP contribution in [0.3, 0.4) is 0 Å². The van der Waals surface area contributed by atoms with E-state index in [1.54, 1.807) is 7.11 Å². The number of β-amino-alcohol motifs (C(OH)–C–C–N with tert-alkyl or cyclic N) is 1. The normalized spacial score (nSPS) is 19.4. The molecule has 0 aromatic heterocycles. The summed E-state index contributed by atoms with van der Waals surface area (Å²) in [7, 11) is 1.58. The molecule has 0 saturated carbocycles. The average Bonchev–Trinajstić information content (AvgIpc) is 2.75. The molecule has 1 heterocycles. The summed E-state index contributed by atoms with van der Waals surface area (Å²) in [5.74, 6) is 0.568. The third-order valence-corrected chi connectivity index (χ3v) is 3.24. The van der Waals surface area contributed by atoms with Crippen LogP contribution in [0.5, 0.6) is 5.75 Å². The predicted molar refractivity (Wildman–Crippen MR) is 73.4 cm³/mol. The minimum atomic E-state index is -0.304. The second-order valence-corrected chi connectivity index (χ2v) is 4.93. The standard InChI is InChI=1S/C14H20N2O3/c1-10-3-4-13(19-2)12(7-10)15-14(18)9-16-6-5-11(17)8-16/h3-4,7,11,17H,5-6,8-9H2,1-2H3,(H,15,18)/t11-/m1/s1. The zero-order valence-corrected chi connectivity index (χ0v) is 11.3. The van der Waals surface area contributed by atoms with Gasteiger partial charge in [0.1, 0.15) is 5.75 Å². The molecule has 0 aliphatic carbocycles. The number of benzene rings is 1. The van der Waals surface area contributed by atoms with Crippen molar-refractivity contribution in [2.75, 3.05) is 32.1 Å². The molecule has 2 N–H and O–H groups in total. The number of nitrogens with zero attached hydrogens (tertiary/aromatic N) is 1. The maximum atomic E-state index is 12.0. The van der Waals surface area contributed by atoms with Crippen molar-refractivity contribution in [2.45, 2.75) is 19.4 Å². The summed E-state index contributed by atoms with van der Waals surface area (Å²) in [5, 5.41) is 12.3. The third-order valence-electron chi connectivity index (χ3n) is 3.24. The van der Waals surface area contributed by atoms with Gasteiger partial charge in [-0.25, -0.2) is 0 Å². The van der Waals surface area contributed by atoms with Gasteiger partial charge in [0.15, 0.2) is 0 Å². The highest BCUT2D eigenvalue weighted by Crippen LogP contribution is 2.25. The Balaban J connectivity index is 1.96. The summed E-state index contributed by atoms with van der Waals surface area (Å²) in [6, 6.07) is 5.66. The first-order valence-electron chi connectivity index (χ1n) is 6.43. The summed E-state index contributed by atoms with van der Waals surface area (Å²) >= 11 is 0. The minimum Gasteiger partial charge on any atom is -0.495 e. The van der Waals surface area contributed by atoms with Crippen LogP contribution in [0.4, 0.5) is 5.69 Å². The van der Waals surface area contributed by atoms with Crippen molar-refractivity contribution in [2.24, 2.45) is 0 Å². The van der Waals surface area contributed by atoms with Crippen LogP contribution in [-0.2, 0) is 4.79 Å². The van der Waals surface area contributed by atoms with Gasteiger partial charge in [-0.05, 0) is 31.0 Å². The molecule has 1 amide bonds. The fourth-order valence-corrected chi connectivity index (χ4v) is 2.27. The fraction of sp³-hybridized carbons (Fsp3) is 0.500. The molecule has 5 heteroatoms. The molecule has 0 spiro atoms. The highest BCUT2D eigenvalue weighted by Gasteiger charge is 2.22. The quantitative estimate of drug-likeness (QED) is 0.852. The molecule has 1 aliphatic heterocycles. The molecule has 1 aromatic carbocycles. The van der Waals surface area contributed by atoms with Crippen molar-refractivity contribution in [3.05, 3.63) is 23.8 Å². The van der Waals surface area contributed by atoms with E-state index in [2.05, 4.69) is 5.32 Å². The van der Waals surface area contributed by atoms with Gasteiger partial charge in [0.2, 0.25) is 5.91 Å².